The van der Waals surface area contributed by atoms with Crippen LogP contribution in [0, 0.1) is 11.8 Å². The van der Waals surface area contributed by atoms with E-state index in [2.05, 4.69) is 72.0 Å². The van der Waals surface area contributed by atoms with Crippen LogP contribution in [0.5, 0.6) is 5.75 Å². The standard InChI is InChI=1S/C30H52O5Si/c1-24(14-10-9-12-20-32-28-15-11-13-21-33-28)29(25(2)22-35-36(7,8)30(3,4)5)34-23-26-16-18-27(31-6)19-17-26/h10,14,16-19,24-25,28-29H,9,11-13,15,20-23H2,1-8H3/b14-10-/t24-,25-,28?,29-/m0/s1. The quantitative estimate of drug-likeness (QED) is 0.134. The summed E-state index contributed by atoms with van der Waals surface area (Å²) in [6, 6.07) is 8.12. The molecule has 1 fully saturated rings. The summed E-state index contributed by atoms with van der Waals surface area (Å²) in [5.41, 5.74) is 1.15. The van der Waals surface area contributed by atoms with Gasteiger partial charge in [-0.3, -0.25) is 0 Å². The molecule has 1 aliphatic rings. The van der Waals surface area contributed by atoms with Gasteiger partial charge in [0.15, 0.2) is 14.6 Å². The topological polar surface area (TPSA) is 46.2 Å². The van der Waals surface area contributed by atoms with Crippen LogP contribution in [-0.4, -0.2) is 47.6 Å². The van der Waals surface area contributed by atoms with Gasteiger partial charge in [-0.2, -0.15) is 0 Å². The number of benzene rings is 1. The van der Waals surface area contributed by atoms with Crippen molar-refractivity contribution in [2.45, 2.75) is 104 Å². The van der Waals surface area contributed by atoms with E-state index in [1.54, 1.807) is 7.11 Å². The molecule has 0 N–H and O–H groups in total. The van der Waals surface area contributed by atoms with Crippen molar-refractivity contribution in [3.05, 3.63) is 42.0 Å². The van der Waals surface area contributed by atoms with Crippen LogP contribution in [0.25, 0.3) is 0 Å². The summed E-state index contributed by atoms with van der Waals surface area (Å²) in [6.45, 7) is 18.9. The Morgan fingerprint density at radius 1 is 1.11 bits per heavy atom. The van der Waals surface area contributed by atoms with Crippen LogP contribution in [-0.2, 0) is 25.2 Å². The number of hydrogen-bond donors (Lipinski definition) is 0. The Morgan fingerprint density at radius 2 is 1.83 bits per heavy atom. The fourth-order valence-electron chi connectivity index (χ4n) is 4.08. The number of rotatable bonds is 15. The van der Waals surface area contributed by atoms with Gasteiger partial charge in [0.1, 0.15) is 5.75 Å². The first-order chi connectivity index (χ1) is 17.0. The van der Waals surface area contributed by atoms with Crippen LogP contribution in [0.15, 0.2) is 36.4 Å². The maximum atomic E-state index is 6.57. The maximum Gasteiger partial charge on any atom is 0.191 e. The summed E-state index contributed by atoms with van der Waals surface area (Å²) < 4.78 is 29.9. The van der Waals surface area contributed by atoms with E-state index >= 15 is 0 Å². The van der Waals surface area contributed by atoms with Crippen molar-refractivity contribution in [1.82, 2.24) is 0 Å². The van der Waals surface area contributed by atoms with Crippen molar-refractivity contribution in [2.75, 3.05) is 26.9 Å². The van der Waals surface area contributed by atoms with Crippen molar-refractivity contribution in [2.24, 2.45) is 11.8 Å². The van der Waals surface area contributed by atoms with Gasteiger partial charge in [-0.05, 0) is 67.9 Å². The van der Waals surface area contributed by atoms with Crippen LogP contribution in [0.4, 0.5) is 0 Å². The zero-order valence-electron chi connectivity index (χ0n) is 24.2. The third kappa shape index (κ3) is 10.7. The molecule has 1 unspecified atom stereocenters. The smallest absolute Gasteiger partial charge is 0.191 e. The lowest BCUT2D eigenvalue weighted by molar-refractivity contribution is -0.162. The summed E-state index contributed by atoms with van der Waals surface area (Å²) in [7, 11) is -0.122. The molecular formula is C30H52O5Si. The molecule has 4 atom stereocenters. The van der Waals surface area contributed by atoms with Crippen LogP contribution in [0.2, 0.25) is 18.1 Å². The van der Waals surface area contributed by atoms with Crippen LogP contribution < -0.4 is 4.74 Å². The van der Waals surface area contributed by atoms with E-state index in [1.807, 2.05) is 12.1 Å². The number of allylic oxidation sites excluding steroid dienone is 1. The molecule has 0 spiro atoms. The zero-order chi connectivity index (χ0) is 26.6. The van der Waals surface area contributed by atoms with Gasteiger partial charge in [0, 0.05) is 25.0 Å². The minimum absolute atomic E-state index is 0.000799. The molecule has 1 aromatic rings. The van der Waals surface area contributed by atoms with Gasteiger partial charge < -0.3 is 23.4 Å². The SMILES string of the molecule is COc1ccc(CO[C@@H]([C@@H](C)/C=C\CCCOC2CCCCO2)[C@@H](C)CO[Si](C)(C)C(C)(C)C)cc1. The highest BCUT2D eigenvalue weighted by Gasteiger charge is 2.38. The maximum absolute atomic E-state index is 6.57. The van der Waals surface area contributed by atoms with Crippen molar-refractivity contribution in [3.8, 4) is 5.75 Å². The molecule has 5 nitrogen and oxygen atoms in total. The molecule has 0 aromatic heterocycles. The van der Waals surface area contributed by atoms with Gasteiger partial charge >= 0.3 is 0 Å². The van der Waals surface area contributed by atoms with Crippen molar-refractivity contribution in [3.63, 3.8) is 0 Å². The van der Waals surface area contributed by atoms with E-state index in [-0.39, 0.29) is 29.3 Å². The van der Waals surface area contributed by atoms with Gasteiger partial charge in [0.25, 0.3) is 0 Å². The molecule has 1 saturated heterocycles. The first-order valence-electron chi connectivity index (χ1n) is 13.8. The largest absolute Gasteiger partial charge is 0.497 e. The molecule has 1 heterocycles. The molecule has 6 heteroatoms. The Balaban J connectivity index is 1.91. The van der Waals surface area contributed by atoms with E-state index in [0.29, 0.717) is 6.61 Å². The number of ether oxygens (including phenoxy) is 4. The molecule has 1 aromatic carbocycles. The Hall–Kier alpha value is -1.18. The van der Waals surface area contributed by atoms with Crippen molar-refractivity contribution in [1.29, 1.82) is 0 Å². The molecule has 0 amide bonds. The predicted molar refractivity (Wildman–Crippen MR) is 151 cm³/mol. The Bertz CT molecular complexity index is 750. The van der Waals surface area contributed by atoms with Gasteiger partial charge in [0.2, 0.25) is 0 Å². The Morgan fingerprint density at radius 3 is 2.44 bits per heavy atom. The van der Waals surface area contributed by atoms with E-state index in [1.165, 1.54) is 6.42 Å². The number of hydrogen-bond acceptors (Lipinski definition) is 5. The minimum atomic E-state index is -1.81. The fourth-order valence-corrected chi connectivity index (χ4v) is 5.19. The molecule has 0 saturated carbocycles. The van der Waals surface area contributed by atoms with Gasteiger partial charge in [-0.1, -0.05) is 58.9 Å². The van der Waals surface area contributed by atoms with Gasteiger partial charge in [-0.15, -0.1) is 0 Å². The lowest BCUT2D eigenvalue weighted by Gasteiger charge is -2.38. The minimum Gasteiger partial charge on any atom is -0.497 e. The number of methoxy groups -OCH3 is 1. The van der Waals surface area contributed by atoms with E-state index in [4.69, 9.17) is 23.4 Å². The third-order valence-electron chi connectivity index (χ3n) is 7.59. The molecule has 0 radical (unpaired) electrons. The van der Waals surface area contributed by atoms with Crippen LogP contribution in [0.1, 0.15) is 72.3 Å². The second kappa shape index (κ2) is 15.3. The molecule has 0 bridgehead atoms. The second-order valence-electron chi connectivity index (χ2n) is 11.8. The number of unbranched alkanes of at least 4 members (excludes halogenated alkanes) is 1. The first-order valence-corrected chi connectivity index (χ1v) is 16.7. The third-order valence-corrected chi connectivity index (χ3v) is 12.1. The lowest BCUT2D eigenvalue weighted by Crippen LogP contribution is -2.43. The van der Waals surface area contributed by atoms with Crippen molar-refractivity contribution >= 4 is 8.32 Å². The average molecular weight is 521 g/mol. The van der Waals surface area contributed by atoms with E-state index in [9.17, 15) is 0 Å². The molecular weight excluding hydrogens is 468 g/mol. The highest BCUT2D eigenvalue weighted by atomic mass is 28.4. The van der Waals surface area contributed by atoms with Crippen LogP contribution in [0.3, 0.4) is 0 Å². The summed E-state index contributed by atoms with van der Waals surface area (Å²) in [5.74, 6) is 1.43. The lowest BCUT2D eigenvalue weighted by atomic mass is 9.93. The van der Waals surface area contributed by atoms with E-state index in [0.717, 1.165) is 56.8 Å². The summed E-state index contributed by atoms with van der Waals surface area (Å²) >= 11 is 0. The monoisotopic (exact) mass is 520 g/mol. The second-order valence-corrected chi connectivity index (χ2v) is 16.6. The first kappa shape index (κ1) is 31.0. The fraction of sp³-hybridized carbons (Fsp3) is 0.733. The Kier molecular flexibility index (Phi) is 13.2. The normalized spacial score (nSPS) is 19.8. The summed E-state index contributed by atoms with van der Waals surface area (Å²) in [5, 5.41) is 0.197. The van der Waals surface area contributed by atoms with E-state index < -0.39 is 8.32 Å². The zero-order valence-corrected chi connectivity index (χ0v) is 25.2. The molecule has 206 valence electrons. The Labute approximate surface area is 222 Å². The van der Waals surface area contributed by atoms with Gasteiger partial charge in [-0.25, -0.2) is 0 Å². The summed E-state index contributed by atoms with van der Waals surface area (Å²) in [4.78, 5) is 0. The highest BCUT2D eigenvalue weighted by Crippen LogP contribution is 2.37. The molecule has 36 heavy (non-hydrogen) atoms. The predicted octanol–water partition coefficient (Wildman–Crippen LogP) is 7.75. The molecule has 1 aliphatic heterocycles. The van der Waals surface area contributed by atoms with Gasteiger partial charge in [0.05, 0.1) is 26.4 Å². The highest BCUT2D eigenvalue weighted by molar-refractivity contribution is 6.74. The average Bonchev–Trinajstić information content (AvgIpc) is 2.85. The molecule has 2 rings (SSSR count). The van der Waals surface area contributed by atoms with Crippen molar-refractivity contribution < 1.29 is 23.4 Å². The van der Waals surface area contributed by atoms with Crippen LogP contribution >= 0.6 is 0 Å². The molecule has 0 aliphatic carbocycles. The summed E-state index contributed by atoms with van der Waals surface area (Å²) in [6.07, 6.45) is 10.0.